The molecule has 18 heavy (non-hydrogen) atoms. The third kappa shape index (κ3) is 2.60. The molecular weight excluding hydrogens is 250 g/mol. The largest absolute Gasteiger partial charge is 0.329 e. The number of nitrogens with zero attached hydrogens (tertiary/aromatic N) is 2. The van der Waals surface area contributed by atoms with Crippen molar-refractivity contribution < 1.29 is 9.59 Å². The predicted molar refractivity (Wildman–Crippen MR) is 70.7 cm³/mol. The van der Waals surface area contributed by atoms with Gasteiger partial charge in [-0.25, -0.2) is 0 Å². The Morgan fingerprint density at radius 3 is 2.83 bits per heavy atom. The summed E-state index contributed by atoms with van der Waals surface area (Å²) in [4.78, 5) is 29.2. The van der Waals surface area contributed by atoms with Crippen LogP contribution >= 0.6 is 11.8 Å². The number of rotatable bonds is 3. The highest BCUT2D eigenvalue weighted by molar-refractivity contribution is 8.18. The predicted octanol–water partition coefficient (Wildman–Crippen LogP) is 1.39. The molecule has 1 saturated heterocycles. The summed E-state index contributed by atoms with van der Waals surface area (Å²) < 4.78 is 0. The van der Waals surface area contributed by atoms with E-state index in [2.05, 4.69) is 4.98 Å². The van der Waals surface area contributed by atoms with Gasteiger partial charge < -0.3 is 5.73 Å². The average molecular weight is 263 g/mol. The van der Waals surface area contributed by atoms with Gasteiger partial charge in [-0.2, -0.15) is 0 Å². The number of aryl methyl sites for hydroxylation is 1. The first-order valence-corrected chi connectivity index (χ1v) is 6.31. The lowest BCUT2D eigenvalue weighted by Gasteiger charge is -2.09. The number of carbonyl (C=O) groups excluding carboxylic acids is 2. The molecule has 0 bridgehead atoms. The number of nitrogens with two attached hydrogens (primary N) is 1. The first-order chi connectivity index (χ1) is 8.61. The summed E-state index contributed by atoms with van der Waals surface area (Å²) in [6.07, 6.45) is 3.35. The van der Waals surface area contributed by atoms with E-state index in [9.17, 15) is 9.59 Å². The normalized spacial score (nSPS) is 17.9. The van der Waals surface area contributed by atoms with Gasteiger partial charge in [0.25, 0.3) is 11.1 Å². The molecule has 0 unspecified atom stereocenters. The highest BCUT2D eigenvalue weighted by Gasteiger charge is 2.34. The Balaban J connectivity index is 2.22. The van der Waals surface area contributed by atoms with Gasteiger partial charge in [-0.15, -0.1) is 0 Å². The Morgan fingerprint density at radius 2 is 2.22 bits per heavy atom. The van der Waals surface area contributed by atoms with Crippen molar-refractivity contribution in [2.75, 3.05) is 13.1 Å². The van der Waals surface area contributed by atoms with Crippen molar-refractivity contribution in [3.8, 4) is 0 Å². The summed E-state index contributed by atoms with van der Waals surface area (Å²) in [5.74, 6) is -0.281. The maximum atomic E-state index is 11.9. The fraction of sp³-hybridized carbons (Fsp3) is 0.250. The number of amides is 2. The summed E-state index contributed by atoms with van der Waals surface area (Å²) in [5, 5.41) is -0.267. The summed E-state index contributed by atoms with van der Waals surface area (Å²) in [5.41, 5.74) is 7.07. The van der Waals surface area contributed by atoms with Gasteiger partial charge in [0.15, 0.2) is 0 Å². The van der Waals surface area contributed by atoms with Gasteiger partial charge in [-0.1, -0.05) is 6.07 Å². The van der Waals surface area contributed by atoms with Crippen LogP contribution in [0.5, 0.6) is 0 Å². The minimum atomic E-state index is -0.281. The summed E-state index contributed by atoms with van der Waals surface area (Å²) in [6.45, 7) is 2.42. The van der Waals surface area contributed by atoms with E-state index in [1.807, 2.05) is 19.1 Å². The Labute approximate surface area is 109 Å². The van der Waals surface area contributed by atoms with Gasteiger partial charge in [0, 0.05) is 25.0 Å². The highest BCUT2D eigenvalue weighted by atomic mass is 32.2. The van der Waals surface area contributed by atoms with Crippen molar-refractivity contribution in [2.24, 2.45) is 5.73 Å². The van der Waals surface area contributed by atoms with Gasteiger partial charge in [0.2, 0.25) is 0 Å². The van der Waals surface area contributed by atoms with E-state index in [4.69, 9.17) is 5.73 Å². The van der Waals surface area contributed by atoms with Crippen molar-refractivity contribution in [3.63, 3.8) is 0 Å². The van der Waals surface area contributed by atoms with Crippen LogP contribution < -0.4 is 5.73 Å². The molecule has 1 aliphatic heterocycles. The van der Waals surface area contributed by atoms with E-state index in [0.29, 0.717) is 4.91 Å². The molecule has 0 atom stereocenters. The first-order valence-electron chi connectivity index (χ1n) is 5.50. The van der Waals surface area contributed by atoms with E-state index in [1.54, 1.807) is 12.3 Å². The maximum Gasteiger partial charge on any atom is 0.293 e. The first kappa shape index (κ1) is 12.8. The van der Waals surface area contributed by atoms with Crippen LogP contribution in [0.1, 0.15) is 11.3 Å². The highest BCUT2D eigenvalue weighted by Crippen LogP contribution is 2.31. The van der Waals surface area contributed by atoms with Crippen molar-refractivity contribution in [1.29, 1.82) is 0 Å². The molecule has 5 nitrogen and oxygen atoms in total. The summed E-state index contributed by atoms with van der Waals surface area (Å²) in [7, 11) is 0. The van der Waals surface area contributed by atoms with E-state index >= 15 is 0 Å². The molecule has 0 aromatic carbocycles. The van der Waals surface area contributed by atoms with Crippen LogP contribution in [0.4, 0.5) is 4.79 Å². The molecule has 1 aromatic rings. The van der Waals surface area contributed by atoms with Crippen LogP contribution in [0, 0.1) is 6.92 Å². The Bertz CT molecular complexity index is 511. The topological polar surface area (TPSA) is 76.3 Å². The van der Waals surface area contributed by atoms with E-state index < -0.39 is 0 Å². The van der Waals surface area contributed by atoms with E-state index in [0.717, 1.165) is 27.9 Å². The molecule has 2 amide bonds. The lowest BCUT2D eigenvalue weighted by Crippen LogP contribution is -2.33. The Hall–Kier alpha value is -1.66. The second kappa shape index (κ2) is 5.32. The third-order valence-electron chi connectivity index (χ3n) is 2.46. The van der Waals surface area contributed by atoms with Crippen molar-refractivity contribution in [3.05, 3.63) is 34.5 Å². The molecule has 1 aliphatic rings. The van der Waals surface area contributed by atoms with E-state index in [1.165, 1.54) is 0 Å². The molecule has 2 heterocycles. The van der Waals surface area contributed by atoms with Crippen molar-refractivity contribution >= 4 is 29.0 Å². The smallest absolute Gasteiger partial charge is 0.293 e. The van der Waals surface area contributed by atoms with Crippen LogP contribution in [-0.4, -0.2) is 34.1 Å². The zero-order valence-corrected chi connectivity index (χ0v) is 10.7. The molecule has 2 rings (SSSR count). The van der Waals surface area contributed by atoms with Gasteiger partial charge in [-0.05, 0) is 36.4 Å². The second-order valence-corrected chi connectivity index (χ2v) is 4.85. The minimum Gasteiger partial charge on any atom is -0.329 e. The summed E-state index contributed by atoms with van der Waals surface area (Å²) in [6, 6.07) is 3.72. The molecule has 1 aromatic heterocycles. The minimum absolute atomic E-state index is 0.258. The van der Waals surface area contributed by atoms with Gasteiger partial charge >= 0.3 is 0 Å². The third-order valence-corrected chi connectivity index (χ3v) is 3.37. The van der Waals surface area contributed by atoms with Gasteiger partial charge in [0.1, 0.15) is 0 Å². The van der Waals surface area contributed by atoms with Crippen molar-refractivity contribution in [1.82, 2.24) is 9.88 Å². The number of imide groups is 1. The van der Waals surface area contributed by atoms with Crippen LogP contribution in [0.15, 0.2) is 23.2 Å². The van der Waals surface area contributed by atoms with Crippen LogP contribution in [-0.2, 0) is 4.79 Å². The lowest BCUT2D eigenvalue weighted by atomic mass is 10.2. The van der Waals surface area contributed by atoms with Crippen LogP contribution in [0.2, 0.25) is 0 Å². The molecule has 0 radical (unpaired) electrons. The van der Waals surface area contributed by atoms with Gasteiger partial charge in [0.05, 0.1) is 4.91 Å². The zero-order valence-electron chi connectivity index (χ0n) is 9.92. The number of pyridine rings is 1. The van der Waals surface area contributed by atoms with Crippen LogP contribution in [0.3, 0.4) is 0 Å². The standard InChI is InChI=1S/C12H13N3O2S/c1-8-2-3-9(7-14-8)6-10-11(16)15(5-4-13)12(17)18-10/h2-3,6-7H,4-5,13H2,1H3/b10-6+. The fourth-order valence-electron chi connectivity index (χ4n) is 1.54. The van der Waals surface area contributed by atoms with Gasteiger partial charge in [-0.3, -0.25) is 19.5 Å². The lowest BCUT2D eigenvalue weighted by molar-refractivity contribution is -0.122. The SMILES string of the molecule is Cc1ccc(/C=C2/SC(=O)N(CCN)C2=O)cn1. The number of hydrogen-bond acceptors (Lipinski definition) is 5. The molecule has 94 valence electrons. The monoisotopic (exact) mass is 263 g/mol. The molecular formula is C12H13N3O2S. The molecule has 0 aliphatic carbocycles. The second-order valence-electron chi connectivity index (χ2n) is 3.85. The quantitative estimate of drug-likeness (QED) is 0.834. The number of aromatic nitrogens is 1. The molecule has 1 fully saturated rings. The molecule has 0 spiro atoms. The summed E-state index contributed by atoms with van der Waals surface area (Å²) >= 11 is 0.936. The fourth-order valence-corrected chi connectivity index (χ4v) is 2.40. The molecule has 6 heteroatoms. The average Bonchev–Trinajstić information content (AvgIpc) is 2.60. The number of carbonyl (C=O) groups is 2. The Morgan fingerprint density at radius 1 is 1.44 bits per heavy atom. The van der Waals surface area contributed by atoms with Crippen LogP contribution in [0.25, 0.3) is 6.08 Å². The molecule has 0 saturated carbocycles. The Kier molecular flexibility index (Phi) is 3.78. The number of thioether (sulfide) groups is 1. The van der Waals surface area contributed by atoms with E-state index in [-0.39, 0.29) is 24.2 Å². The zero-order chi connectivity index (χ0) is 13.1. The number of hydrogen-bond donors (Lipinski definition) is 1. The van der Waals surface area contributed by atoms with Crippen molar-refractivity contribution in [2.45, 2.75) is 6.92 Å². The molecule has 2 N–H and O–H groups in total. The maximum absolute atomic E-state index is 11.9.